The van der Waals surface area contributed by atoms with Gasteiger partial charge >= 0.3 is 0 Å². The van der Waals surface area contributed by atoms with Crippen LogP contribution in [0.3, 0.4) is 0 Å². The number of rotatable bonds is 5. The van der Waals surface area contributed by atoms with Crippen LogP contribution in [-0.4, -0.2) is 14.5 Å². The Labute approximate surface area is 311 Å². The molecule has 3 aromatic heterocycles. The molecule has 54 heavy (non-hydrogen) atoms. The van der Waals surface area contributed by atoms with E-state index in [0.29, 0.717) is 0 Å². The van der Waals surface area contributed by atoms with Crippen LogP contribution in [0.1, 0.15) is 0 Å². The number of furan rings is 1. The van der Waals surface area contributed by atoms with Crippen LogP contribution < -0.4 is 0 Å². The zero-order chi connectivity index (χ0) is 35.6. The molecule has 0 radical (unpaired) electrons. The first-order chi connectivity index (χ1) is 26.7. The molecule has 4 nitrogen and oxygen atoms in total. The molecular formula is C50H31N3O. The molecule has 0 unspecified atom stereocenters. The number of hydrogen-bond donors (Lipinski definition) is 0. The molecule has 4 heteroatoms. The number of hydrogen-bond acceptors (Lipinski definition) is 3. The molecule has 8 aromatic carbocycles. The van der Waals surface area contributed by atoms with Gasteiger partial charge in [-0.25, -0.2) is 9.97 Å². The molecule has 3 heterocycles. The first kappa shape index (κ1) is 30.3. The minimum absolute atomic E-state index is 0.822. The standard InChI is InChI=1S/C50H31N3O/c1-3-13-32(14-4-1)36-27-37(33-15-5-2-6-16-33)29-38(28-36)34-25-26-46-43(31-34)48-50(52-45-23-9-8-22-44(45)51-48)53(46)39-18-11-17-35(30-39)40-20-12-21-42-41-19-7-10-24-47(41)54-49(40)42/h1-31H. The smallest absolute Gasteiger partial charge is 0.165 e. The third-order valence-electron chi connectivity index (χ3n) is 10.6. The maximum atomic E-state index is 6.46. The molecule has 11 rings (SSSR count). The first-order valence-corrected chi connectivity index (χ1v) is 18.2. The van der Waals surface area contributed by atoms with Crippen molar-refractivity contribution in [2.75, 3.05) is 0 Å². The highest BCUT2D eigenvalue weighted by Gasteiger charge is 2.19. The van der Waals surface area contributed by atoms with Gasteiger partial charge in [0, 0.05) is 27.4 Å². The van der Waals surface area contributed by atoms with Crippen LogP contribution in [0.4, 0.5) is 0 Å². The molecular weight excluding hydrogens is 659 g/mol. The van der Waals surface area contributed by atoms with Gasteiger partial charge in [0.2, 0.25) is 0 Å². The number of para-hydroxylation sites is 4. The fourth-order valence-corrected chi connectivity index (χ4v) is 7.98. The fraction of sp³-hybridized carbons (Fsp3) is 0. The van der Waals surface area contributed by atoms with E-state index in [1.807, 2.05) is 36.4 Å². The molecule has 0 saturated carbocycles. The maximum Gasteiger partial charge on any atom is 0.165 e. The SMILES string of the molecule is c1ccc(-c2cc(-c3ccccc3)cc(-c3ccc4c(c3)c3nc5ccccc5nc3n4-c3cccc(-c4cccc5c4oc4ccccc45)c3)c2)cc1. The summed E-state index contributed by atoms with van der Waals surface area (Å²) in [5, 5.41) is 3.29. The van der Waals surface area contributed by atoms with Gasteiger partial charge in [-0.1, -0.05) is 127 Å². The summed E-state index contributed by atoms with van der Waals surface area (Å²) in [5.74, 6) is 0. The summed E-state index contributed by atoms with van der Waals surface area (Å²) < 4.78 is 8.71. The lowest BCUT2D eigenvalue weighted by Gasteiger charge is -2.12. The maximum absolute atomic E-state index is 6.46. The number of aromatic nitrogens is 3. The van der Waals surface area contributed by atoms with Gasteiger partial charge in [0.25, 0.3) is 0 Å². The van der Waals surface area contributed by atoms with Gasteiger partial charge in [0.05, 0.1) is 16.6 Å². The van der Waals surface area contributed by atoms with E-state index >= 15 is 0 Å². The molecule has 11 aromatic rings. The van der Waals surface area contributed by atoms with E-state index in [0.717, 1.165) is 83.0 Å². The lowest BCUT2D eigenvalue weighted by Crippen LogP contribution is -1.97. The van der Waals surface area contributed by atoms with Crippen LogP contribution in [0.2, 0.25) is 0 Å². The van der Waals surface area contributed by atoms with Crippen molar-refractivity contribution < 1.29 is 4.42 Å². The molecule has 0 spiro atoms. The number of benzene rings is 8. The van der Waals surface area contributed by atoms with Crippen LogP contribution >= 0.6 is 0 Å². The largest absolute Gasteiger partial charge is 0.455 e. The number of nitrogens with zero attached hydrogens (tertiary/aromatic N) is 3. The Morgan fingerprint density at radius 2 is 1.00 bits per heavy atom. The summed E-state index contributed by atoms with van der Waals surface area (Å²) in [5.41, 5.74) is 16.4. The Hall–Kier alpha value is -7.30. The predicted octanol–water partition coefficient (Wildman–Crippen LogP) is 13.3. The van der Waals surface area contributed by atoms with Gasteiger partial charge in [-0.2, -0.15) is 0 Å². The van der Waals surface area contributed by atoms with Crippen LogP contribution in [0.15, 0.2) is 192 Å². The molecule has 0 N–H and O–H groups in total. The van der Waals surface area contributed by atoms with E-state index in [9.17, 15) is 0 Å². The predicted molar refractivity (Wildman–Crippen MR) is 223 cm³/mol. The first-order valence-electron chi connectivity index (χ1n) is 18.2. The van der Waals surface area contributed by atoms with Crippen molar-refractivity contribution in [2.24, 2.45) is 0 Å². The van der Waals surface area contributed by atoms with Crippen molar-refractivity contribution in [2.45, 2.75) is 0 Å². The fourth-order valence-electron chi connectivity index (χ4n) is 7.98. The molecule has 0 aliphatic rings. The summed E-state index contributed by atoms with van der Waals surface area (Å²) in [4.78, 5) is 10.5. The summed E-state index contributed by atoms with van der Waals surface area (Å²) in [7, 11) is 0. The second-order valence-electron chi connectivity index (χ2n) is 13.8. The third-order valence-corrected chi connectivity index (χ3v) is 10.6. The Balaban J connectivity index is 1.13. The van der Waals surface area contributed by atoms with Gasteiger partial charge < -0.3 is 4.42 Å². The molecule has 0 atom stereocenters. The third kappa shape index (κ3) is 4.92. The molecule has 0 aliphatic heterocycles. The highest BCUT2D eigenvalue weighted by molar-refractivity contribution is 6.11. The lowest BCUT2D eigenvalue weighted by atomic mass is 9.93. The molecule has 0 amide bonds. The number of fused-ring (bicyclic) bond motifs is 7. The van der Waals surface area contributed by atoms with Gasteiger partial charge in [0.1, 0.15) is 16.7 Å². The summed E-state index contributed by atoms with van der Waals surface area (Å²) in [6.45, 7) is 0. The van der Waals surface area contributed by atoms with Crippen LogP contribution in [0, 0.1) is 0 Å². The zero-order valence-electron chi connectivity index (χ0n) is 29.1. The van der Waals surface area contributed by atoms with Crippen LogP contribution in [0.25, 0.3) is 105 Å². The monoisotopic (exact) mass is 689 g/mol. The highest BCUT2D eigenvalue weighted by Crippen LogP contribution is 2.40. The van der Waals surface area contributed by atoms with Gasteiger partial charge in [-0.3, -0.25) is 4.57 Å². The minimum Gasteiger partial charge on any atom is -0.455 e. The van der Waals surface area contributed by atoms with E-state index in [-0.39, 0.29) is 0 Å². The molecule has 252 valence electrons. The normalized spacial score (nSPS) is 11.7. The highest BCUT2D eigenvalue weighted by atomic mass is 16.3. The van der Waals surface area contributed by atoms with E-state index in [1.165, 1.54) is 22.3 Å². The second kappa shape index (κ2) is 12.1. The van der Waals surface area contributed by atoms with Crippen molar-refractivity contribution in [1.29, 1.82) is 0 Å². The van der Waals surface area contributed by atoms with Gasteiger partial charge in [-0.05, 0) is 99.6 Å². The van der Waals surface area contributed by atoms with E-state index in [4.69, 9.17) is 14.4 Å². The van der Waals surface area contributed by atoms with Crippen LogP contribution in [0.5, 0.6) is 0 Å². The van der Waals surface area contributed by atoms with Crippen molar-refractivity contribution in [3.8, 4) is 50.2 Å². The van der Waals surface area contributed by atoms with E-state index < -0.39 is 0 Å². The van der Waals surface area contributed by atoms with E-state index in [1.54, 1.807) is 0 Å². The Morgan fingerprint density at radius 3 is 1.76 bits per heavy atom. The summed E-state index contributed by atoms with van der Waals surface area (Å²) >= 11 is 0. The van der Waals surface area contributed by atoms with E-state index in [2.05, 4.69) is 156 Å². The molecule has 0 saturated heterocycles. The lowest BCUT2D eigenvalue weighted by molar-refractivity contribution is 0.670. The molecule has 0 fully saturated rings. The Kier molecular flexibility index (Phi) is 6.82. The van der Waals surface area contributed by atoms with Gasteiger partial charge in [-0.15, -0.1) is 0 Å². The second-order valence-corrected chi connectivity index (χ2v) is 13.8. The Morgan fingerprint density at radius 1 is 0.389 bits per heavy atom. The van der Waals surface area contributed by atoms with Crippen molar-refractivity contribution in [3.05, 3.63) is 188 Å². The van der Waals surface area contributed by atoms with Crippen molar-refractivity contribution in [1.82, 2.24) is 14.5 Å². The zero-order valence-corrected chi connectivity index (χ0v) is 29.1. The molecule has 0 bridgehead atoms. The summed E-state index contributed by atoms with van der Waals surface area (Å²) in [6.07, 6.45) is 0. The van der Waals surface area contributed by atoms with Crippen LogP contribution in [-0.2, 0) is 0 Å². The minimum atomic E-state index is 0.822. The van der Waals surface area contributed by atoms with Crippen molar-refractivity contribution >= 4 is 55.0 Å². The average molecular weight is 690 g/mol. The molecule has 0 aliphatic carbocycles. The summed E-state index contributed by atoms with van der Waals surface area (Å²) in [6, 6.07) is 66.3. The average Bonchev–Trinajstić information content (AvgIpc) is 3.78. The topological polar surface area (TPSA) is 43.9 Å². The Bertz CT molecular complexity index is 3150. The van der Waals surface area contributed by atoms with Crippen molar-refractivity contribution in [3.63, 3.8) is 0 Å². The van der Waals surface area contributed by atoms with Gasteiger partial charge in [0.15, 0.2) is 5.65 Å². The quantitative estimate of drug-likeness (QED) is 0.181.